The number of ether oxygens (including phenoxy) is 1. The van der Waals surface area contributed by atoms with Crippen LogP contribution in [0.15, 0.2) is 28.8 Å². The summed E-state index contributed by atoms with van der Waals surface area (Å²) in [5.41, 5.74) is 1.79. The van der Waals surface area contributed by atoms with Gasteiger partial charge in [0.05, 0.1) is 6.61 Å². The van der Waals surface area contributed by atoms with Crippen LogP contribution in [0.25, 0.3) is 0 Å². The topological polar surface area (TPSA) is 47.3 Å². The van der Waals surface area contributed by atoms with Crippen LogP contribution in [0.4, 0.5) is 0 Å². The highest BCUT2D eigenvalue weighted by Crippen LogP contribution is 2.21. The van der Waals surface area contributed by atoms with Gasteiger partial charge in [0.25, 0.3) is 0 Å². The lowest BCUT2D eigenvalue weighted by Crippen LogP contribution is -2.24. The van der Waals surface area contributed by atoms with Crippen LogP contribution < -0.4 is 5.32 Å². The summed E-state index contributed by atoms with van der Waals surface area (Å²) in [4.78, 5) is 0. The highest BCUT2D eigenvalue weighted by Gasteiger charge is 2.15. The molecule has 1 fully saturated rings. The lowest BCUT2D eigenvalue weighted by Gasteiger charge is -2.09. The molecule has 4 nitrogen and oxygen atoms in total. The summed E-state index contributed by atoms with van der Waals surface area (Å²) in [7, 11) is 0. The Bertz CT molecular complexity index is 589. The third kappa shape index (κ3) is 4.20. The molecule has 3 rings (SSSR count). The Morgan fingerprint density at radius 1 is 1.24 bits per heavy atom. The summed E-state index contributed by atoms with van der Waals surface area (Å²) >= 11 is 12.0. The fourth-order valence-corrected chi connectivity index (χ4v) is 2.97. The number of aromatic nitrogens is 1. The molecule has 1 atom stereocenters. The highest BCUT2D eigenvalue weighted by molar-refractivity contribution is 6.34. The van der Waals surface area contributed by atoms with Gasteiger partial charge in [-0.2, -0.15) is 0 Å². The lowest BCUT2D eigenvalue weighted by atomic mass is 10.1. The standard InChI is InChI=1S/C15H16Cl2N2O2/c16-11-4-10(5-12(17)7-11)6-14-8-13(19-21-14)9-20-15-2-1-3-18-15/h4-5,7-8,15,18H,1-3,6,9H2. The van der Waals surface area contributed by atoms with Crippen LogP contribution in [0.1, 0.15) is 29.9 Å². The van der Waals surface area contributed by atoms with Gasteiger partial charge in [0.2, 0.25) is 0 Å². The van der Waals surface area contributed by atoms with Crippen LogP contribution in [0.2, 0.25) is 10.0 Å². The second-order valence-electron chi connectivity index (χ2n) is 5.14. The van der Waals surface area contributed by atoms with Crippen molar-refractivity contribution in [3.05, 3.63) is 51.3 Å². The number of nitrogens with zero attached hydrogens (tertiary/aromatic N) is 1. The van der Waals surface area contributed by atoms with Crippen LogP contribution in [0, 0.1) is 0 Å². The lowest BCUT2D eigenvalue weighted by molar-refractivity contribution is 0.0281. The summed E-state index contributed by atoms with van der Waals surface area (Å²) in [6.45, 7) is 1.47. The van der Waals surface area contributed by atoms with Crippen molar-refractivity contribution in [3.8, 4) is 0 Å². The molecule has 6 heteroatoms. The minimum Gasteiger partial charge on any atom is -0.361 e. The first kappa shape index (κ1) is 14.9. The molecule has 1 aliphatic heterocycles. The molecule has 1 aromatic carbocycles. The van der Waals surface area contributed by atoms with E-state index in [0.29, 0.717) is 23.1 Å². The van der Waals surface area contributed by atoms with Crippen molar-refractivity contribution in [1.29, 1.82) is 0 Å². The van der Waals surface area contributed by atoms with Gasteiger partial charge in [-0.15, -0.1) is 0 Å². The maximum atomic E-state index is 5.99. The number of nitrogens with one attached hydrogen (secondary N) is 1. The van der Waals surface area contributed by atoms with Crippen molar-refractivity contribution in [2.24, 2.45) is 0 Å². The Balaban J connectivity index is 1.59. The monoisotopic (exact) mass is 326 g/mol. The number of hydrogen-bond donors (Lipinski definition) is 1. The number of rotatable bonds is 5. The second kappa shape index (κ2) is 6.79. The van der Waals surface area contributed by atoms with Crippen molar-refractivity contribution in [2.75, 3.05) is 6.54 Å². The van der Waals surface area contributed by atoms with E-state index in [0.717, 1.165) is 36.4 Å². The Morgan fingerprint density at radius 3 is 2.76 bits per heavy atom. The number of hydrogen-bond acceptors (Lipinski definition) is 4. The van der Waals surface area contributed by atoms with E-state index >= 15 is 0 Å². The Hall–Kier alpha value is -1.07. The first-order chi connectivity index (χ1) is 10.2. The van der Waals surface area contributed by atoms with Crippen molar-refractivity contribution in [1.82, 2.24) is 10.5 Å². The largest absolute Gasteiger partial charge is 0.361 e. The van der Waals surface area contributed by atoms with Gasteiger partial charge in [-0.1, -0.05) is 28.4 Å². The summed E-state index contributed by atoms with van der Waals surface area (Å²) in [5.74, 6) is 0.770. The molecule has 1 saturated heterocycles. The smallest absolute Gasteiger partial charge is 0.141 e. The fraction of sp³-hybridized carbons (Fsp3) is 0.400. The highest BCUT2D eigenvalue weighted by atomic mass is 35.5. The predicted octanol–water partition coefficient (Wildman–Crippen LogP) is 3.80. The summed E-state index contributed by atoms with van der Waals surface area (Å²) in [5, 5.41) is 8.54. The van der Waals surface area contributed by atoms with Crippen LogP contribution in [0.3, 0.4) is 0 Å². The van der Waals surface area contributed by atoms with Crippen molar-refractivity contribution < 1.29 is 9.26 Å². The van der Waals surface area contributed by atoms with E-state index in [9.17, 15) is 0 Å². The summed E-state index contributed by atoms with van der Waals surface area (Å²) < 4.78 is 11.0. The zero-order chi connectivity index (χ0) is 14.7. The minimum atomic E-state index is 0.136. The Morgan fingerprint density at radius 2 is 2.05 bits per heavy atom. The molecule has 0 aliphatic carbocycles. The first-order valence-corrected chi connectivity index (χ1v) is 7.69. The molecule has 0 radical (unpaired) electrons. The zero-order valence-corrected chi connectivity index (χ0v) is 13.0. The second-order valence-corrected chi connectivity index (χ2v) is 6.01. The van der Waals surface area contributed by atoms with E-state index in [4.69, 9.17) is 32.5 Å². The van der Waals surface area contributed by atoms with Gasteiger partial charge in [0.1, 0.15) is 17.7 Å². The number of halogens is 2. The first-order valence-electron chi connectivity index (χ1n) is 6.93. The predicted molar refractivity (Wildman–Crippen MR) is 81.6 cm³/mol. The van der Waals surface area contributed by atoms with Crippen LogP contribution in [0.5, 0.6) is 0 Å². The molecule has 0 amide bonds. The van der Waals surface area contributed by atoms with Crippen LogP contribution in [-0.2, 0) is 17.8 Å². The van der Waals surface area contributed by atoms with Gasteiger partial charge in [-0.3, -0.25) is 5.32 Å². The zero-order valence-electron chi connectivity index (χ0n) is 11.4. The number of benzene rings is 1. The normalized spacial score (nSPS) is 18.3. The van der Waals surface area contributed by atoms with E-state index in [1.54, 1.807) is 6.07 Å². The van der Waals surface area contributed by atoms with Gasteiger partial charge in [-0.05, 0) is 43.1 Å². The van der Waals surface area contributed by atoms with E-state index in [1.807, 2.05) is 18.2 Å². The summed E-state index contributed by atoms with van der Waals surface area (Å²) in [6.07, 6.45) is 2.95. The average molecular weight is 327 g/mol. The molecule has 112 valence electrons. The molecule has 21 heavy (non-hydrogen) atoms. The SMILES string of the molecule is Clc1cc(Cl)cc(Cc2cc(COC3CCCN3)no2)c1. The average Bonchev–Trinajstić information content (AvgIpc) is 3.06. The van der Waals surface area contributed by atoms with Crippen molar-refractivity contribution >= 4 is 23.2 Å². The Kier molecular flexibility index (Phi) is 4.80. The van der Waals surface area contributed by atoms with E-state index in [2.05, 4.69) is 10.5 Å². The van der Waals surface area contributed by atoms with Gasteiger partial charge >= 0.3 is 0 Å². The van der Waals surface area contributed by atoms with Crippen LogP contribution in [-0.4, -0.2) is 17.9 Å². The molecular formula is C15H16Cl2N2O2. The van der Waals surface area contributed by atoms with Crippen molar-refractivity contribution in [2.45, 2.75) is 32.1 Å². The third-order valence-electron chi connectivity index (χ3n) is 3.36. The molecular weight excluding hydrogens is 311 g/mol. The maximum absolute atomic E-state index is 5.99. The van der Waals surface area contributed by atoms with Crippen LogP contribution >= 0.6 is 23.2 Å². The summed E-state index contributed by atoms with van der Waals surface area (Å²) in [6, 6.07) is 7.35. The molecule has 0 saturated carbocycles. The third-order valence-corrected chi connectivity index (χ3v) is 3.79. The molecule has 0 spiro atoms. The maximum Gasteiger partial charge on any atom is 0.141 e. The molecule has 2 aromatic rings. The molecule has 1 aliphatic rings. The van der Waals surface area contributed by atoms with E-state index in [-0.39, 0.29) is 6.23 Å². The van der Waals surface area contributed by atoms with Gasteiger partial charge in [0.15, 0.2) is 0 Å². The van der Waals surface area contributed by atoms with E-state index < -0.39 is 0 Å². The molecule has 1 unspecified atom stereocenters. The molecule has 2 heterocycles. The molecule has 1 aromatic heterocycles. The van der Waals surface area contributed by atoms with Crippen molar-refractivity contribution in [3.63, 3.8) is 0 Å². The molecule has 0 bridgehead atoms. The van der Waals surface area contributed by atoms with Gasteiger partial charge in [-0.25, -0.2) is 0 Å². The Labute approximate surface area is 133 Å². The van der Waals surface area contributed by atoms with Gasteiger partial charge in [0, 0.05) is 22.5 Å². The van der Waals surface area contributed by atoms with Gasteiger partial charge < -0.3 is 9.26 Å². The fourth-order valence-electron chi connectivity index (χ4n) is 2.40. The molecule has 1 N–H and O–H groups in total. The minimum absolute atomic E-state index is 0.136. The van der Waals surface area contributed by atoms with E-state index in [1.165, 1.54) is 0 Å². The quantitative estimate of drug-likeness (QED) is 0.907.